The molecule has 1 unspecified atom stereocenters. The third kappa shape index (κ3) is 2.62. The molecule has 0 bridgehead atoms. The second-order valence-corrected chi connectivity index (χ2v) is 6.30. The highest BCUT2D eigenvalue weighted by Gasteiger charge is 2.20. The van der Waals surface area contributed by atoms with Gasteiger partial charge in [0.1, 0.15) is 0 Å². The minimum Gasteiger partial charge on any atom is -0.307 e. The molecule has 0 aliphatic carbocycles. The number of benzene rings is 1. The lowest BCUT2D eigenvalue weighted by Gasteiger charge is -2.15. The third-order valence-corrected chi connectivity index (χ3v) is 4.85. The maximum Gasteiger partial charge on any atom is 0.0868 e. The van der Waals surface area contributed by atoms with E-state index in [1.54, 1.807) is 0 Å². The van der Waals surface area contributed by atoms with E-state index in [1.165, 1.54) is 15.3 Å². The van der Waals surface area contributed by atoms with Crippen molar-refractivity contribution in [3.8, 4) is 5.69 Å². The van der Waals surface area contributed by atoms with Crippen LogP contribution >= 0.6 is 11.3 Å². The number of nitrogens with one attached hydrogen (secondary N) is 1. The average molecular weight is 298 g/mol. The summed E-state index contributed by atoms with van der Waals surface area (Å²) in [5.41, 5.74) is 3.40. The maximum absolute atomic E-state index is 4.24. The zero-order valence-corrected chi connectivity index (χ0v) is 13.2. The average Bonchev–Trinajstić information content (AvgIpc) is 3.09. The maximum atomic E-state index is 4.24. The Labute approximate surface area is 128 Å². The molecule has 2 heterocycles. The van der Waals surface area contributed by atoms with Crippen molar-refractivity contribution in [2.24, 2.45) is 0 Å². The number of hydrogen-bond acceptors (Lipinski definition) is 4. The van der Waals surface area contributed by atoms with Crippen molar-refractivity contribution in [2.75, 3.05) is 7.05 Å². The Morgan fingerprint density at radius 2 is 1.95 bits per heavy atom. The molecule has 1 aromatic carbocycles. The highest BCUT2D eigenvalue weighted by atomic mass is 32.1. The fourth-order valence-electron chi connectivity index (χ4n) is 2.39. The van der Waals surface area contributed by atoms with Gasteiger partial charge >= 0.3 is 0 Å². The van der Waals surface area contributed by atoms with Crippen LogP contribution in [0.3, 0.4) is 0 Å². The zero-order valence-electron chi connectivity index (χ0n) is 12.4. The van der Waals surface area contributed by atoms with Crippen LogP contribution in [0.4, 0.5) is 0 Å². The highest BCUT2D eigenvalue weighted by Crippen LogP contribution is 2.31. The molecule has 2 aromatic heterocycles. The number of aryl methyl sites for hydroxylation is 2. The number of aromatic nitrogens is 3. The highest BCUT2D eigenvalue weighted by molar-refractivity contribution is 7.12. The molecule has 0 aliphatic heterocycles. The molecule has 21 heavy (non-hydrogen) atoms. The minimum atomic E-state index is 0.0950. The molecule has 108 valence electrons. The van der Waals surface area contributed by atoms with Crippen molar-refractivity contribution >= 4 is 11.3 Å². The van der Waals surface area contributed by atoms with Crippen molar-refractivity contribution in [1.29, 1.82) is 0 Å². The Morgan fingerprint density at radius 3 is 2.57 bits per heavy atom. The van der Waals surface area contributed by atoms with Gasteiger partial charge < -0.3 is 5.32 Å². The molecule has 3 aromatic rings. The summed E-state index contributed by atoms with van der Waals surface area (Å²) in [7, 11) is 1.97. The van der Waals surface area contributed by atoms with Crippen molar-refractivity contribution in [3.05, 3.63) is 63.6 Å². The van der Waals surface area contributed by atoms with Gasteiger partial charge in [-0.1, -0.05) is 23.4 Å². The standard InChI is InChI=1S/C16H18N4S/c1-11-9-15(21-12(11)2)16(17-3)14-10-18-19-20(14)13-7-5-4-6-8-13/h4-10,16-17H,1-3H3. The molecule has 0 aliphatic rings. The Bertz CT molecular complexity index is 710. The Balaban J connectivity index is 2.05. The first kappa shape index (κ1) is 14.0. The van der Waals surface area contributed by atoms with Crippen LogP contribution in [0.1, 0.15) is 27.1 Å². The summed E-state index contributed by atoms with van der Waals surface area (Å²) in [5, 5.41) is 11.7. The molecule has 0 radical (unpaired) electrons. The summed E-state index contributed by atoms with van der Waals surface area (Å²) in [6.07, 6.45) is 1.83. The molecule has 0 saturated carbocycles. The van der Waals surface area contributed by atoms with Crippen LogP contribution in [0.2, 0.25) is 0 Å². The van der Waals surface area contributed by atoms with Crippen LogP contribution in [0.25, 0.3) is 5.69 Å². The van der Waals surface area contributed by atoms with Crippen LogP contribution < -0.4 is 5.32 Å². The van der Waals surface area contributed by atoms with E-state index in [2.05, 4.69) is 35.5 Å². The second-order valence-electron chi connectivity index (χ2n) is 5.02. The Hall–Kier alpha value is -1.98. The van der Waals surface area contributed by atoms with Gasteiger partial charge in [0, 0.05) is 9.75 Å². The molecule has 1 atom stereocenters. The summed E-state index contributed by atoms with van der Waals surface area (Å²) in [6.45, 7) is 4.30. The van der Waals surface area contributed by atoms with Gasteiger partial charge in [-0.25, -0.2) is 4.68 Å². The molecule has 0 amide bonds. The van der Waals surface area contributed by atoms with Gasteiger partial charge in [0.05, 0.1) is 23.6 Å². The molecule has 0 saturated heterocycles. The first-order chi connectivity index (χ1) is 10.2. The smallest absolute Gasteiger partial charge is 0.0868 e. The van der Waals surface area contributed by atoms with Crippen LogP contribution in [0, 0.1) is 13.8 Å². The third-order valence-electron chi connectivity index (χ3n) is 3.63. The lowest BCUT2D eigenvalue weighted by Crippen LogP contribution is -2.20. The van der Waals surface area contributed by atoms with E-state index in [9.17, 15) is 0 Å². The zero-order chi connectivity index (χ0) is 14.8. The predicted octanol–water partition coefficient (Wildman–Crippen LogP) is 3.25. The molecule has 1 N–H and O–H groups in total. The molecule has 0 fully saturated rings. The largest absolute Gasteiger partial charge is 0.307 e. The van der Waals surface area contributed by atoms with Gasteiger partial charge in [-0.3, -0.25) is 0 Å². The number of rotatable bonds is 4. The van der Waals surface area contributed by atoms with E-state index in [-0.39, 0.29) is 6.04 Å². The van der Waals surface area contributed by atoms with E-state index >= 15 is 0 Å². The van der Waals surface area contributed by atoms with Gasteiger partial charge in [-0.05, 0) is 44.7 Å². The quantitative estimate of drug-likeness (QED) is 0.804. The van der Waals surface area contributed by atoms with Gasteiger partial charge in [-0.15, -0.1) is 16.4 Å². The normalized spacial score (nSPS) is 12.5. The van der Waals surface area contributed by atoms with Gasteiger partial charge in [0.2, 0.25) is 0 Å². The van der Waals surface area contributed by atoms with Gasteiger partial charge in [0.15, 0.2) is 0 Å². The van der Waals surface area contributed by atoms with Crippen molar-refractivity contribution in [2.45, 2.75) is 19.9 Å². The van der Waals surface area contributed by atoms with Crippen LogP contribution in [0.15, 0.2) is 42.6 Å². The second kappa shape index (κ2) is 5.79. The van der Waals surface area contributed by atoms with Crippen molar-refractivity contribution in [1.82, 2.24) is 20.3 Å². The van der Waals surface area contributed by atoms with Crippen LogP contribution in [0.5, 0.6) is 0 Å². The fraction of sp³-hybridized carbons (Fsp3) is 0.250. The van der Waals surface area contributed by atoms with E-state index in [4.69, 9.17) is 0 Å². The summed E-state index contributed by atoms with van der Waals surface area (Å²) < 4.78 is 1.89. The minimum absolute atomic E-state index is 0.0950. The topological polar surface area (TPSA) is 42.7 Å². The number of nitrogens with zero attached hydrogens (tertiary/aromatic N) is 3. The summed E-state index contributed by atoms with van der Waals surface area (Å²) >= 11 is 1.82. The number of hydrogen-bond donors (Lipinski definition) is 1. The lowest BCUT2D eigenvalue weighted by atomic mass is 10.1. The first-order valence-electron chi connectivity index (χ1n) is 6.91. The molecular weight excluding hydrogens is 280 g/mol. The molecule has 5 heteroatoms. The molecular formula is C16H18N4S. The van der Waals surface area contributed by atoms with E-state index < -0.39 is 0 Å². The van der Waals surface area contributed by atoms with Gasteiger partial charge in [0.25, 0.3) is 0 Å². The Morgan fingerprint density at radius 1 is 1.19 bits per heavy atom. The van der Waals surface area contributed by atoms with Crippen LogP contribution in [-0.4, -0.2) is 22.0 Å². The molecule has 0 spiro atoms. The fourth-order valence-corrected chi connectivity index (χ4v) is 3.56. The Kier molecular flexibility index (Phi) is 3.86. The summed E-state index contributed by atoms with van der Waals surface area (Å²) in [6, 6.07) is 12.4. The van der Waals surface area contributed by atoms with Crippen molar-refractivity contribution < 1.29 is 0 Å². The van der Waals surface area contributed by atoms with E-state index in [0.717, 1.165) is 11.4 Å². The SMILES string of the molecule is CNC(c1cc(C)c(C)s1)c1cnnn1-c1ccccc1. The molecule has 4 nitrogen and oxygen atoms in total. The van der Waals surface area contributed by atoms with E-state index in [0.29, 0.717) is 0 Å². The van der Waals surface area contributed by atoms with Crippen LogP contribution in [-0.2, 0) is 0 Å². The van der Waals surface area contributed by atoms with Gasteiger partial charge in [-0.2, -0.15) is 0 Å². The monoisotopic (exact) mass is 298 g/mol. The summed E-state index contributed by atoms with van der Waals surface area (Å²) in [4.78, 5) is 2.64. The molecule has 3 rings (SSSR count). The predicted molar refractivity (Wildman–Crippen MR) is 86.1 cm³/mol. The lowest BCUT2D eigenvalue weighted by molar-refractivity contribution is 0.642. The first-order valence-corrected chi connectivity index (χ1v) is 7.72. The van der Waals surface area contributed by atoms with Crippen molar-refractivity contribution in [3.63, 3.8) is 0 Å². The number of para-hydroxylation sites is 1. The number of thiophene rings is 1. The summed E-state index contributed by atoms with van der Waals surface area (Å²) in [5.74, 6) is 0. The van der Waals surface area contributed by atoms with E-state index in [1.807, 2.05) is 59.6 Å².